The van der Waals surface area contributed by atoms with Crippen LogP contribution in [0.15, 0.2) is 255 Å². The van der Waals surface area contributed by atoms with Crippen LogP contribution in [-0.4, -0.2) is 4.57 Å². The molecule has 1 aromatic heterocycles. The van der Waals surface area contributed by atoms with E-state index < -0.39 is 5.41 Å². The van der Waals surface area contributed by atoms with Gasteiger partial charge in [0, 0.05) is 43.8 Å². The highest BCUT2D eigenvalue weighted by Crippen LogP contribution is 2.67. The molecule has 0 saturated carbocycles. The van der Waals surface area contributed by atoms with E-state index in [1.807, 2.05) is 0 Å². The van der Waals surface area contributed by atoms with Crippen molar-refractivity contribution < 1.29 is 0 Å². The smallest absolute Gasteiger partial charge is 0.0720 e. The van der Waals surface area contributed by atoms with Crippen molar-refractivity contribution in [3.63, 3.8) is 0 Å². The molecule has 0 bridgehead atoms. The highest BCUT2D eigenvalue weighted by molar-refractivity contribution is 6.24. The summed E-state index contributed by atoms with van der Waals surface area (Å²) in [6, 6.07) is 96.9. The fraction of sp³-hybridized carbons (Fsp3) is 0.0909. The molecule has 0 fully saturated rings. The minimum Gasteiger partial charge on any atom is -0.310 e. The maximum atomic E-state index is 2.63. The van der Waals surface area contributed by atoms with Crippen LogP contribution < -0.4 is 4.90 Å². The van der Waals surface area contributed by atoms with Crippen molar-refractivity contribution in [3.05, 3.63) is 299 Å². The third kappa shape index (κ3) is 5.70. The summed E-state index contributed by atoms with van der Waals surface area (Å²) in [7, 11) is 0. The lowest BCUT2D eigenvalue weighted by molar-refractivity contribution is 0.563. The van der Waals surface area contributed by atoms with Crippen LogP contribution in [0.25, 0.3) is 93.9 Å². The van der Waals surface area contributed by atoms with Crippen LogP contribution >= 0.6 is 0 Å². The number of hydrogen-bond donors (Lipinski definition) is 0. The van der Waals surface area contributed by atoms with Crippen LogP contribution in [0.1, 0.15) is 72.2 Å². The molecule has 79 heavy (non-hydrogen) atoms. The molecule has 372 valence electrons. The van der Waals surface area contributed by atoms with E-state index in [9.17, 15) is 0 Å². The molecule has 1 aliphatic heterocycles. The molecule has 3 aliphatic carbocycles. The lowest BCUT2D eigenvalue weighted by Gasteiger charge is -2.46. The van der Waals surface area contributed by atoms with Crippen molar-refractivity contribution in [3.8, 4) is 61.3 Å². The van der Waals surface area contributed by atoms with Gasteiger partial charge in [0.1, 0.15) is 0 Å². The largest absolute Gasteiger partial charge is 0.310 e. The zero-order chi connectivity index (χ0) is 52.5. The molecule has 4 aliphatic rings. The van der Waals surface area contributed by atoms with Crippen molar-refractivity contribution >= 4 is 49.6 Å². The molecule has 1 spiro atoms. The molecule has 0 radical (unpaired) electrons. The first kappa shape index (κ1) is 44.6. The highest BCUT2D eigenvalue weighted by atomic mass is 15.1. The SMILES string of the molecule is CC1(C)c2ccccc2C2(c3ccccc31)c1cccc3c1-c1c2cc(-c2cccc(-c4cccc(N(c5cccc6c5C(C)(C)c5ccccc5-6)c5cccc6ccccc56)c4)c2)c2c4ccccc4n(c12)-c1ccccc1-3. The number of nitrogens with zero attached hydrogens (tertiary/aromatic N) is 2. The van der Waals surface area contributed by atoms with Crippen molar-refractivity contribution in [1.82, 2.24) is 4.57 Å². The van der Waals surface area contributed by atoms with Gasteiger partial charge in [-0.15, -0.1) is 0 Å². The van der Waals surface area contributed by atoms with E-state index in [0.717, 1.165) is 16.9 Å². The zero-order valence-corrected chi connectivity index (χ0v) is 44.6. The molecule has 2 heteroatoms. The number of rotatable bonds is 5. The Balaban J connectivity index is 0.933. The average Bonchev–Trinajstić information content (AvgIpc) is 3.32. The summed E-state index contributed by atoms with van der Waals surface area (Å²) in [4.78, 5) is 2.53. The van der Waals surface area contributed by atoms with E-state index >= 15 is 0 Å². The number of anilines is 3. The first-order valence-electron chi connectivity index (χ1n) is 28.0. The Morgan fingerprint density at radius 1 is 0.342 bits per heavy atom. The second-order valence-electron chi connectivity index (χ2n) is 23.5. The second-order valence-corrected chi connectivity index (χ2v) is 23.5. The highest BCUT2D eigenvalue weighted by Gasteiger charge is 2.55. The van der Waals surface area contributed by atoms with Gasteiger partial charge in [-0.05, 0) is 143 Å². The number of fused-ring (bicyclic) bond motifs is 16. The van der Waals surface area contributed by atoms with E-state index in [1.165, 1.54) is 139 Å². The van der Waals surface area contributed by atoms with Gasteiger partial charge < -0.3 is 9.47 Å². The minimum atomic E-state index is -0.579. The van der Waals surface area contributed by atoms with Gasteiger partial charge in [0.05, 0.1) is 33.5 Å². The van der Waals surface area contributed by atoms with E-state index in [-0.39, 0.29) is 10.8 Å². The third-order valence-electron chi connectivity index (χ3n) is 18.9. The molecule has 0 unspecified atom stereocenters. The summed E-state index contributed by atoms with van der Waals surface area (Å²) in [5.74, 6) is 0. The molecule has 0 amide bonds. The van der Waals surface area contributed by atoms with Crippen molar-refractivity contribution in [2.75, 3.05) is 4.90 Å². The molecule has 0 N–H and O–H groups in total. The normalized spacial score (nSPS) is 14.9. The molecule has 13 aromatic rings. The van der Waals surface area contributed by atoms with Gasteiger partial charge in [-0.3, -0.25) is 0 Å². The van der Waals surface area contributed by atoms with Gasteiger partial charge in [-0.25, -0.2) is 0 Å². The molecule has 2 heterocycles. The predicted octanol–water partition coefficient (Wildman–Crippen LogP) is 20.0. The molecular formula is C77H54N2. The summed E-state index contributed by atoms with van der Waals surface area (Å²) in [5, 5.41) is 4.98. The second kappa shape index (κ2) is 15.8. The first-order valence-corrected chi connectivity index (χ1v) is 28.0. The van der Waals surface area contributed by atoms with Crippen LogP contribution in [0, 0.1) is 0 Å². The Morgan fingerprint density at radius 2 is 0.899 bits per heavy atom. The van der Waals surface area contributed by atoms with Crippen LogP contribution in [0.5, 0.6) is 0 Å². The average molecular weight is 1010 g/mol. The Hall–Kier alpha value is -9.50. The predicted molar refractivity (Wildman–Crippen MR) is 330 cm³/mol. The summed E-state index contributed by atoms with van der Waals surface area (Å²) in [5.41, 5.74) is 29.8. The van der Waals surface area contributed by atoms with E-state index in [4.69, 9.17) is 0 Å². The maximum Gasteiger partial charge on any atom is 0.0720 e. The summed E-state index contributed by atoms with van der Waals surface area (Å²) >= 11 is 0. The summed E-state index contributed by atoms with van der Waals surface area (Å²) in [6.45, 7) is 9.63. The van der Waals surface area contributed by atoms with Gasteiger partial charge in [0.2, 0.25) is 0 Å². The fourth-order valence-corrected chi connectivity index (χ4v) is 15.7. The van der Waals surface area contributed by atoms with Crippen LogP contribution in [0.2, 0.25) is 0 Å². The van der Waals surface area contributed by atoms with Crippen LogP contribution in [0.3, 0.4) is 0 Å². The standard InChI is InChI=1S/C77H54N2/c1-75(2)60-35-11-13-37-62(60)77(63-38-14-12-36-61(63)75)64-39-20-32-55-54-30-8-15-40-67(54)79-68-41-16-9-31-57(68)70-58(46-65(77)72(71(55)64)74(70)79)50-26-17-24-48(44-50)49-25-18-27-51(45-49)78(66-42-19-23-47-22-5-6-28-52(47)66)69-43-21-33-56-53-29-7-10-34-59(53)76(3,4)73(56)69/h5-46H,1-4H3. The first-order chi connectivity index (χ1) is 38.7. The number of benzene rings is 12. The lowest BCUT2D eigenvalue weighted by Crippen LogP contribution is -2.40. The molecule has 0 atom stereocenters. The Labute approximate surface area is 461 Å². The number of para-hydroxylation sites is 2. The Morgan fingerprint density at radius 3 is 1.71 bits per heavy atom. The molecule has 2 nitrogen and oxygen atoms in total. The summed E-state index contributed by atoms with van der Waals surface area (Å²) in [6.07, 6.45) is 0. The Bertz CT molecular complexity index is 4750. The topological polar surface area (TPSA) is 8.17 Å². The fourth-order valence-electron chi connectivity index (χ4n) is 15.7. The zero-order valence-electron chi connectivity index (χ0n) is 44.6. The minimum absolute atomic E-state index is 0.210. The van der Waals surface area contributed by atoms with E-state index in [1.54, 1.807) is 0 Å². The maximum absolute atomic E-state index is 2.63. The van der Waals surface area contributed by atoms with Crippen LogP contribution in [-0.2, 0) is 16.2 Å². The van der Waals surface area contributed by atoms with E-state index in [0.29, 0.717) is 0 Å². The molecular weight excluding hydrogens is 953 g/mol. The van der Waals surface area contributed by atoms with Gasteiger partial charge in [0.25, 0.3) is 0 Å². The van der Waals surface area contributed by atoms with Crippen molar-refractivity contribution in [2.24, 2.45) is 0 Å². The van der Waals surface area contributed by atoms with Gasteiger partial charge in [-0.2, -0.15) is 0 Å². The van der Waals surface area contributed by atoms with Crippen LogP contribution in [0.4, 0.5) is 17.1 Å². The molecule has 0 saturated heterocycles. The molecule has 12 aromatic carbocycles. The number of aromatic nitrogens is 1. The monoisotopic (exact) mass is 1010 g/mol. The summed E-state index contributed by atoms with van der Waals surface area (Å²) < 4.78 is 2.62. The van der Waals surface area contributed by atoms with Crippen molar-refractivity contribution in [1.29, 1.82) is 0 Å². The van der Waals surface area contributed by atoms with E-state index in [2.05, 4.69) is 292 Å². The van der Waals surface area contributed by atoms with Gasteiger partial charge >= 0.3 is 0 Å². The third-order valence-corrected chi connectivity index (χ3v) is 18.9. The quantitative estimate of drug-likeness (QED) is 0.167. The lowest BCUT2D eigenvalue weighted by atomic mass is 9.55. The van der Waals surface area contributed by atoms with Gasteiger partial charge in [0.15, 0.2) is 0 Å². The van der Waals surface area contributed by atoms with Crippen molar-refractivity contribution in [2.45, 2.75) is 43.9 Å². The Kier molecular flexibility index (Phi) is 8.93. The molecule has 17 rings (SSSR count). The number of hydrogen-bond acceptors (Lipinski definition) is 1. The van der Waals surface area contributed by atoms with Gasteiger partial charge in [-0.1, -0.05) is 234 Å².